The first-order valence-electron chi connectivity index (χ1n) is 5.25. The number of halogens is 1. The van der Waals surface area contributed by atoms with Gasteiger partial charge in [-0.05, 0) is 23.8 Å². The number of nitrogens with two attached hydrogens (primary N) is 1. The average Bonchev–Trinajstić information content (AvgIpc) is 2.69. The molecular formula is C12H13BrN2O2. The van der Waals surface area contributed by atoms with Crippen molar-refractivity contribution >= 4 is 32.8 Å². The molecule has 0 radical (unpaired) electrons. The van der Waals surface area contributed by atoms with Crippen molar-refractivity contribution in [2.45, 2.75) is 18.9 Å². The Bertz CT molecular complexity index is 565. The predicted molar refractivity (Wildman–Crippen MR) is 70.0 cm³/mol. The lowest BCUT2D eigenvalue weighted by Crippen LogP contribution is -2.35. The van der Waals surface area contributed by atoms with Crippen molar-refractivity contribution in [3.05, 3.63) is 34.4 Å². The summed E-state index contributed by atoms with van der Waals surface area (Å²) < 4.78 is 0.960. The van der Waals surface area contributed by atoms with Crippen molar-refractivity contribution in [2.24, 2.45) is 5.73 Å². The van der Waals surface area contributed by atoms with Gasteiger partial charge in [0.1, 0.15) is 6.04 Å². The van der Waals surface area contributed by atoms with Crippen LogP contribution >= 0.6 is 15.9 Å². The van der Waals surface area contributed by atoms with E-state index in [1.54, 1.807) is 0 Å². The lowest BCUT2D eigenvalue weighted by atomic mass is 9.93. The molecule has 0 saturated carbocycles. The van der Waals surface area contributed by atoms with E-state index in [4.69, 9.17) is 10.8 Å². The minimum Gasteiger partial charge on any atom is -0.480 e. The standard InChI is InChI=1S/C12H13BrN2O2/c1-6(11(14)12(16)17)9-5-15-10-3-2-7(13)4-8(9)10/h2-6,11,15H,14H2,1H3,(H,16,17)/t6-,11+/m1/s1. The van der Waals surface area contributed by atoms with E-state index in [9.17, 15) is 4.79 Å². The van der Waals surface area contributed by atoms with Gasteiger partial charge in [0.2, 0.25) is 0 Å². The zero-order valence-corrected chi connectivity index (χ0v) is 10.9. The Morgan fingerprint density at radius 2 is 2.24 bits per heavy atom. The lowest BCUT2D eigenvalue weighted by molar-refractivity contribution is -0.138. The van der Waals surface area contributed by atoms with Gasteiger partial charge in [-0.2, -0.15) is 0 Å². The summed E-state index contributed by atoms with van der Waals surface area (Å²) in [5, 5.41) is 9.94. The van der Waals surface area contributed by atoms with Gasteiger partial charge in [0.25, 0.3) is 0 Å². The average molecular weight is 297 g/mol. The molecule has 0 aliphatic heterocycles. The first-order chi connectivity index (χ1) is 8.00. The minimum absolute atomic E-state index is 0.240. The molecule has 0 spiro atoms. The van der Waals surface area contributed by atoms with Gasteiger partial charge >= 0.3 is 5.97 Å². The van der Waals surface area contributed by atoms with Crippen LogP contribution < -0.4 is 5.73 Å². The number of hydrogen-bond acceptors (Lipinski definition) is 2. The quantitative estimate of drug-likeness (QED) is 0.814. The molecule has 90 valence electrons. The van der Waals surface area contributed by atoms with Crippen molar-refractivity contribution in [3.8, 4) is 0 Å². The lowest BCUT2D eigenvalue weighted by Gasteiger charge is -2.15. The van der Waals surface area contributed by atoms with Gasteiger partial charge in [-0.3, -0.25) is 4.79 Å². The highest BCUT2D eigenvalue weighted by molar-refractivity contribution is 9.10. The Hall–Kier alpha value is -1.33. The SMILES string of the molecule is C[C@H](c1c[nH]c2ccc(Br)cc12)[C@H](N)C(=O)O. The van der Waals surface area contributed by atoms with Crippen LogP contribution in [0.4, 0.5) is 0 Å². The number of hydrogen-bond donors (Lipinski definition) is 3. The summed E-state index contributed by atoms with van der Waals surface area (Å²) in [6, 6.07) is 4.95. The number of fused-ring (bicyclic) bond motifs is 1. The van der Waals surface area contributed by atoms with Crippen LogP contribution in [0.25, 0.3) is 10.9 Å². The summed E-state index contributed by atoms with van der Waals surface area (Å²) >= 11 is 3.40. The maximum atomic E-state index is 10.9. The Morgan fingerprint density at radius 1 is 1.53 bits per heavy atom. The van der Waals surface area contributed by atoms with E-state index in [1.807, 2.05) is 31.3 Å². The molecule has 17 heavy (non-hydrogen) atoms. The Labute approximate surface area is 107 Å². The third kappa shape index (κ3) is 2.21. The van der Waals surface area contributed by atoms with Crippen LogP contribution in [0.5, 0.6) is 0 Å². The maximum Gasteiger partial charge on any atom is 0.321 e. The molecule has 0 bridgehead atoms. The van der Waals surface area contributed by atoms with Gasteiger partial charge < -0.3 is 15.8 Å². The third-order valence-electron chi connectivity index (χ3n) is 2.99. The van der Waals surface area contributed by atoms with Crippen molar-refractivity contribution < 1.29 is 9.90 Å². The monoisotopic (exact) mass is 296 g/mol. The molecule has 4 nitrogen and oxygen atoms in total. The van der Waals surface area contributed by atoms with Gasteiger partial charge in [-0.15, -0.1) is 0 Å². The van der Waals surface area contributed by atoms with Crippen LogP contribution in [-0.2, 0) is 4.79 Å². The molecule has 0 unspecified atom stereocenters. The number of aromatic nitrogens is 1. The molecule has 2 aromatic rings. The van der Waals surface area contributed by atoms with E-state index in [1.165, 1.54) is 0 Å². The maximum absolute atomic E-state index is 10.9. The summed E-state index contributed by atoms with van der Waals surface area (Å²) in [5.74, 6) is -1.22. The molecule has 1 aromatic heterocycles. The topological polar surface area (TPSA) is 79.1 Å². The Morgan fingerprint density at radius 3 is 2.88 bits per heavy atom. The summed E-state index contributed by atoms with van der Waals surface area (Å²) in [7, 11) is 0. The van der Waals surface area contributed by atoms with Crippen LogP contribution in [0, 0.1) is 0 Å². The summed E-state index contributed by atoms with van der Waals surface area (Å²) in [6.07, 6.45) is 1.82. The Kier molecular flexibility index (Phi) is 3.22. The fourth-order valence-electron chi connectivity index (χ4n) is 1.90. The van der Waals surface area contributed by atoms with E-state index >= 15 is 0 Å². The number of aromatic amines is 1. The second-order valence-electron chi connectivity index (χ2n) is 4.09. The smallest absolute Gasteiger partial charge is 0.321 e. The highest BCUT2D eigenvalue weighted by Crippen LogP contribution is 2.29. The summed E-state index contributed by atoms with van der Waals surface area (Å²) in [5.41, 5.74) is 7.56. The molecule has 1 heterocycles. The second kappa shape index (κ2) is 4.50. The molecule has 0 saturated heterocycles. The van der Waals surface area contributed by atoms with Crippen molar-refractivity contribution in [1.82, 2.24) is 4.98 Å². The molecule has 0 aliphatic rings. The van der Waals surface area contributed by atoms with E-state index < -0.39 is 12.0 Å². The zero-order valence-electron chi connectivity index (χ0n) is 9.27. The Balaban J connectivity index is 2.48. The highest BCUT2D eigenvalue weighted by atomic mass is 79.9. The number of nitrogens with one attached hydrogen (secondary N) is 1. The zero-order chi connectivity index (χ0) is 12.6. The van der Waals surface area contributed by atoms with Crippen LogP contribution in [0.3, 0.4) is 0 Å². The summed E-state index contributed by atoms with van der Waals surface area (Å²) in [4.78, 5) is 14.0. The first-order valence-corrected chi connectivity index (χ1v) is 6.05. The number of rotatable bonds is 3. The predicted octanol–water partition coefficient (Wildman–Crippen LogP) is 2.45. The number of carboxylic acids is 1. The van der Waals surface area contributed by atoms with Crippen LogP contribution in [-0.4, -0.2) is 22.1 Å². The van der Waals surface area contributed by atoms with E-state index in [2.05, 4.69) is 20.9 Å². The molecule has 4 N–H and O–H groups in total. The third-order valence-corrected chi connectivity index (χ3v) is 3.48. The van der Waals surface area contributed by atoms with Crippen molar-refractivity contribution in [2.75, 3.05) is 0 Å². The molecule has 2 atom stereocenters. The normalized spacial score (nSPS) is 14.8. The molecule has 0 aliphatic carbocycles. The largest absolute Gasteiger partial charge is 0.480 e. The molecular weight excluding hydrogens is 284 g/mol. The number of aliphatic carboxylic acids is 1. The van der Waals surface area contributed by atoms with Gasteiger partial charge in [-0.25, -0.2) is 0 Å². The number of H-pyrrole nitrogens is 1. The fraction of sp³-hybridized carbons (Fsp3) is 0.250. The summed E-state index contributed by atoms with van der Waals surface area (Å²) in [6.45, 7) is 1.82. The second-order valence-corrected chi connectivity index (χ2v) is 5.00. The fourth-order valence-corrected chi connectivity index (χ4v) is 2.26. The van der Waals surface area contributed by atoms with Crippen LogP contribution in [0.15, 0.2) is 28.9 Å². The number of benzene rings is 1. The molecule has 5 heteroatoms. The van der Waals surface area contributed by atoms with Crippen molar-refractivity contribution in [3.63, 3.8) is 0 Å². The van der Waals surface area contributed by atoms with Gasteiger partial charge in [-0.1, -0.05) is 22.9 Å². The van der Waals surface area contributed by atoms with Crippen LogP contribution in [0.1, 0.15) is 18.4 Å². The van der Waals surface area contributed by atoms with Gasteiger partial charge in [0.15, 0.2) is 0 Å². The first kappa shape index (κ1) is 12.1. The van der Waals surface area contributed by atoms with Gasteiger partial charge in [0.05, 0.1) is 0 Å². The molecule has 2 rings (SSSR count). The van der Waals surface area contributed by atoms with Gasteiger partial charge in [0, 0.05) is 27.5 Å². The van der Waals surface area contributed by atoms with Crippen molar-refractivity contribution in [1.29, 1.82) is 0 Å². The highest BCUT2D eigenvalue weighted by Gasteiger charge is 2.23. The minimum atomic E-state index is -0.984. The molecule has 0 fully saturated rings. The van der Waals surface area contributed by atoms with E-state index in [0.29, 0.717) is 0 Å². The molecule has 0 amide bonds. The van der Waals surface area contributed by atoms with E-state index in [0.717, 1.165) is 20.9 Å². The number of carbonyl (C=O) groups is 1. The van der Waals surface area contributed by atoms with E-state index in [-0.39, 0.29) is 5.92 Å². The molecule has 1 aromatic carbocycles. The number of carboxylic acid groups (broad SMARTS) is 1. The van der Waals surface area contributed by atoms with Crippen LogP contribution in [0.2, 0.25) is 0 Å².